The van der Waals surface area contributed by atoms with Crippen LogP contribution in [-0.4, -0.2) is 36.0 Å². The third-order valence-corrected chi connectivity index (χ3v) is 4.60. The van der Waals surface area contributed by atoms with E-state index in [-0.39, 0.29) is 5.56 Å². The van der Waals surface area contributed by atoms with Gasteiger partial charge in [0.2, 0.25) is 0 Å². The molecule has 7 nitrogen and oxygen atoms in total. The largest absolute Gasteiger partial charge is 0.493 e. The molecule has 0 saturated heterocycles. The summed E-state index contributed by atoms with van der Waals surface area (Å²) in [4.78, 5) is 14.8. The average Bonchev–Trinajstić information content (AvgIpc) is 2.76. The molecule has 0 amide bonds. The van der Waals surface area contributed by atoms with Crippen LogP contribution in [0.15, 0.2) is 41.6 Å². The third-order valence-electron chi connectivity index (χ3n) is 4.60. The van der Waals surface area contributed by atoms with Crippen molar-refractivity contribution < 1.29 is 19.4 Å². The van der Waals surface area contributed by atoms with E-state index < -0.39 is 5.97 Å². The van der Waals surface area contributed by atoms with Crippen molar-refractivity contribution >= 4 is 18.0 Å². The molecule has 2 N–H and O–H groups in total. The van der Waals surface area contributed by atoms with Gasteiger partial charge in [0, 0.05) is 6.20 Å². The Morgan fingerprint density at radius 1 is 1.10 bits per heavy atom. The van der Waals surface area contributed by atoms with Crippen molar-refractivity contribution in [3.8, 4) is 11.5 Å². The van der Waals surface area contributed by atoms with Crippen molar-refractivity contribution in [1.82, 2.24) is 4.98 Å². The normalized spacial score (nSPS) is 10.9. The molecule has 0 saturated carbocycles. The van der Waals surface area contributed by atoms with Gasteiger partial charge >= 0.3 is 5.97 Å². The number of ether oxygens (including phenoxy) is 2. The minimum absolute atomic E-state index is 0.126. The van der Waals surface area contributed by atoms with Crippen LogP contribution in [0, 0.1) is 0 Å². The molecule has 0 aliphatic rings. The quantitative estimate of drug-likeness (QED) is 0.246. The lowest BCUT2D eigenvalue weighted by atomic mass is 10.1. The van der Waals surface area contributed by atoms with Gasteiger partial charge < -0.3 is 14.6 Å². The third kappa shape index (κ3) is 8.11. The fourth-order valence-corrected chi connectivity index (χ4v) is 2.88. The maximum absolute atomic E-state index is 10.8. The molecule has 1 heterocycles. The highest BCUT2D eigenvalue weighted by atomic mass is 16.5. The van der Waals surface area contributed by atoms with E-state index in [1.54, 1.807) is 19.4 Å². The molecule has 1 aromatic carbocycles. The molecule has 2 rings (SSSR count). The van der Waals surface area contributed by atoms with Crippen LogP contribution in [0.2, 0.25) is 0 Å². The molecule has 0 spiro atoms. The average molecular weight is 414 g/mol. The van der Waals surface area contributed by atoms with E-state index in [1.807, 2.05) is 18.2 Å². The van der Waals surface area contributed by atoms with E-state index in [9.17, 15) is 4.79 Å². The molecule has 162 valence electrons. The molecule has 0 atom stereocenters. The molecule has 0 aliphatic heterocycles. The standard InChI is InChI=1S/C23H31N3O4/c1-3-4-5-6-7-8-9-14-30-20-12-10-18(15-21(20)29-2)16-25-26-22-13-11-19(17-24-22)23(27)28/h10-13,15-17H,3-9,14H2,1-2H3,(H,24,26)(H,27,28)/b25-16+. The second-order valence-electron chi connectivity index (χ2n) is 6.99. The number of hydrogen-bond acceptors (Lipinski definition) is 6. The Labute approximate surface area is 178 Å². The van der Waals surface area contributed by atoms with Crippen molar-refractivity contribution in [3.63, 3.8) is 0 Å². The topological polar surface area (TPSA) is 93.0 Å². The van der Waals surface area contributed by atoms with Crippen LogP contribution in [0.1, 0.15) is 67.8 Å². The molecule has 2 aromatic rings. The summed E-state index contributed by atoms with van der Waals surface area (Å²) in [7, 11) is 1.61. The number of methoxy groups -OCH3 is 1. The number of aromatic carboxylic acids is 1. The monoisotopic (exact) mass is 413 g/mol. The lowest BCUT2D eigenvalue weighted by Crippen LogP contribution is -2.00. The van der Waals surface area contributed by atoms with Gasteiger partial charge in [0.25, 0.3) is 0 Å². The van der Waals surface area contributed by atoms with Gasteiger partial charge in [0.05, 0.1) is 25.5 Å². The van der Waals surface area contributed by atoms with E-state index >= 15 is 0 Å². The Morgan fingerprint density at radius 3 is 2.53 bits per heavy atom. The fraction of sp³-hybridized carbons (Fsp3) is 0.435. The molecule has 0 fully saturated rings. The van der Waals surface area contributed by atoms with Gasteiger partial charge in [-0.3, -0.25) is 5.43 Å². The van der Waals surface area contributed by atoms with Gasteiger partial charge in [-0.15, -0.1) is 0 Å². The number of pyridine rings is 1. The number of carbonyl (C=O) groups is 1. The zero-order valence-electron chi connectivity index (χ0n) is 17.8. The highest BCUT2D eigenvalue weighted by Gasteiger charge is 2.05. The van der Waals surface area contributed by atoms with E-state index in [2.05, 4.69) is 22.4 Å². The number of benzene rings is 1. The minimum atomic E-state index is -1.01. The summed E-state index contributed by atoms with van der Waals surface area (Å²) in [6.07, 6.45) is 11.6. The Balaban J connectivity index is 1.80. The number of rotatable bonds is 14. The number of aromatic nitrogens is 1. The summed E-state index contributed by atoms with van der Waals surface area (Å²) in [5, 5.41) is 13.0. The first-order chi connectivity index (χ1) is 14.6. The molecule has 7 heteroatoms. The number of hydrogen-bond donors (Lipinski definition) is 2. The van der Waals surface area contributed by atoms with E-state index in [0.717, 1.165) is 17.7 Å². The molecule has 0 radical (unpaired) electrons. The Morgan fingerprint density at radius 2 is 1.87 bits per heavy atom. The van der Waals surface area contributed by atoms with Crippen molar-refractivity contribution in [2.45, 2.75) is 51.9 Å². The van der Waals surface area contributed by atoms with Crippen LogP contribution >= 0.6 is 0 Å². The van der Waals surface area contributed by atoms with E-state index in [1.165, 1.54) is 50.8 Å². The van der Waals surface area contributed by atoms with Crippen molar-refractivity contribution in [2.75, 3.05) is 19.1 Å². The second kappa shape index (κ2) is 13.2. The summed E-state index contributed by atoms with van der Waals surface area (Å²) >= 11 is 0. The Hall–Kier alpha value is -3.09. The molecule has 0 unspecified atom stereocenters. The summed E-state index contributed by atoms with van der Waals surface area (Å²) in [5.41, 5.74) is 3.74. The van der Waals surface area contributed by atoms with Crippen LogP contribution in [0.3, 0.4) is 0 Å². The second-order valence-corrected chi connectivity index (χ2v) is 6.99. The van der Waals surface area contributed by atoms with Crippen LogP contribution in [-0.2, 0) is 0 Å². The van der Waals surface area contributed by atoms with Crippen LogP contribution in [0.5, 0.6) is 11.5 Å². The SMILES string of the molecule is CCCCCCCCCOc1ccc(/C=N/Nc2ccc(C(=O)O)cn2)cc1OC. The van der Waals surface area contributed by atoms with E-state index in [0.29, 0.717) is 18.2 Å². The van der Waals surface area contributed by atoms with Crippen LogP contribution < -0.4 is 14.9 Å². The smallest absolute Gasteiger partial charge is 0.337 e. The maximum atomic E-state index is 10.8. The Bertz CT molecular complexity index is 807. The molecule has 0 bridgehead atoms. The molecule has 30 heavy (non-hydrogen) atoms. The number of carboxylic acids is 1. The first-order valence-electron chi connectivity index (χ1n) is 10.4. The van der Waals surface area contributed by atoms with Gasteiger partial charge in [0.15, 0.2) is 11.5 Å². The first kappa shape index (κ1) is 23.2. The summed E-state index contributed by atoms with van der Waals surface area (Å²) in [6, 6.07) is 8.65. The van der Waals surface area contributed by atoms with Crippen molar-refractivity contribution in [1.29, 1.82) is 0 Å². The Kier molecular flexibility index (Phi) is 10.2. The number of unbranched alkanes of at least 4 members (excludes halogenated alkanes) is 6. The van der Waals surface area contributed by atoms with E-state index in [4.69, 9.17) is 14.6 Å². The first-order valence-corrected chi connectivity index (χ1v) is 10.4. The van der Waals surface area contributed by atoms with Crippen LogP contribution in [0.25, 0.3) is 0 Å². The molecule has 0 aliphatic carbocycles. The van der Waals surface area contributed by atoms with Gasteiger partial charge in [-0.05, 0) is 42.3 Å². The predicted molar refractivity (Wildman–Crippen MR) is 119 cm³/mol. The van der Waals surface area contributed by atoms with Gasteiger partial charge in [0.1, 0.15) is 5.82 Å². The van der Waals surface area contributed by atoms with Crippen molar-refractivity contribution in [2.24, 2.45) is 5.10 Å². The van der Waals surface area contributed by atoms with Crippen LogP contribution in [0.4, 0.5) is 5.82 Å². The predicted octanol–water partition coefficient (Wildman–Crippen LogP) is 5.36. The summed E-state index contributed by atoms with van der Waals surface area (Å²) < 4.78 is 11.3. The highest BCUT2D eigenvalue weighted by molar-refractivity contribution is 5.87. The maximum Gasteiger partial charge on any atom is 0.337 e. The number of hydrazone groups is 1. The van der Waals surface area contributed by atoms with Gasteiger partial charge in [-0.25, -0.2) is 9.78 Å². The van der Waals surface area contributed by atoms with Crippen molar-refractivity contribution in [3.05, 3.63) is 47.7 Å². The lowest BCUT2D eigenvalue weighted by Gasteiger charge is -2.11. The number of nitrogens with zero attached hydrogens (tertiary/aromatic N) is 2. The highest BCUT2D eigenvalue weighted by Crippen LogP contribution is 2.28. The van der Waals surface area contributed by atoms with Gasteiger partial charge in [-0.2, -0.15) is 5.10 Å². The zero-order chi connectivity index (χ0) is 21.6. The summed E-state index contributed by atoms with van der Waals surface area (Å²) in [6.45, 7) is 2.91. The minimum Gasteiger partial charge on any atom is -0.493 e. The fourth-order valence-electron chi connectivity index (χ4n) is 2.88. The lowest BCUT2D eigenvalue weighted by molar-refractivity contribution is 0.0696. The molecular formula is C23H31N3O4. The summed E-state index contributed by atoms with van der Waals surface area (Å²) in [5.74, 6) is 0.821. The number of anilines is 1. The molecular weight excluding hydrogens is 382 g/mol. The number of carboxylic acid groups (broad SMARTS) is 1. The number of nitrogens with one attached hydrogen (secondary N) is 1. The molecule has 1 aromatic heterocycles. The van der Waals surface area contributed by atoms with Gasteiger partial charge in [-0.1, -0.05) is 45.4 Å². The zero-order valence-corrected chi connectivity index (χ0v) is 17.8.